The number of benzene rings is 1. The number of nitrogens with zero attached hydrogens (tertiary/aromatic N) is 1. The van der Waals surface area contributed by atoms with E-state index in [9.17, 15) is 15.0 Å². The van der Waals surface area contributed by atoms with Crippen LogP contribution in [0.1, 0.15) is 37.9 Å². The number of carboxylic acid groups (broad SMARTS) is 1. The number of aliphatic hydroxyl groups excluding tert-OH is 1. The third-order valence-corrected chi connectivity index (χ3v) is 4.60. The Labute approximate surface area is 130 Å². The van der Waals surface area contributed by atoms with Crippen LogP contribution in [-0.2, 0) is 4.79 Å². The molecule has 1 heterocycles. The lowest BCUT2D eigenvalue weighted by atomic mass is 9.87. The van der Waals surface area contributed by atoms with E-state index in [1.165, 1.54) is 0 Å². The number of aliphatic hydroxyl groups is 1. The molecule has 0 spiro atoms. The molecule has 5 heteroatoms. The topological polar surface area (TPSA) is 60.8 Å². The van der Waals surface area contributed by atoms with E-state index in [1.807, 2.05) is 24.0 Å². The number of carbonyl (C=O) groups is 1. The first kappa shape index (κ1) is 16.3. The summed E-state index contributed by atoms with van der Waals surface area (Å²) in [6, 6.07) is 6.87. The molecule has 4 nitrogen and oxygen atoms in total. The minimum absolute atomic E-state index is 0.175. The van der Waals surface area contributed by atoms with Crippen molar-refractivity contribution in [2.75, 3.05) is 13.1 Å². The predicted octanol–water partition coefficient (Wildman–Crippen LogP) is 2.95. The highest BCUT2D eigenvalue weighted by Crippen LogP contribution is 2.32. The first-order chi connectivity index (χ1) is 10.0. The highest BCUT2D eigenvalue weighted by Gasteiger charge is 2.31. The van der Waals surface area contributed by atoms with Crippen LogP contribution in [0.3, 0.4) is 0 Å². The van der Waals surface area contributed by atoms with E-state index < -0.39 is 18.1 Å². The molecule has 0 aromatic heterocycles. The molecule has 0 bridgehead atoms. The van der Waals surface area contributed by atoms with Gasteiger partial charge in [0, 0.05) is 5.02 Å². The number of aliphatic carboxylic acids is 1. The summed E-state index contributed by atoms with van der Waals surface area (Å²) >= 11 is 5.86. The Morgan fingerprint density at radius 2 is 1.90 bits per heavy atom. The molecule has 0 amide bonds. The predicted molar refractivity (Wildman–Crippen MR) is 82.4 cm³/mol. The Morgan fingerprint density at radius 3 is 2.38 bits per heavy atom. The van der Waals surface area contributed by atoms with Crippen molar-refractivity contribution < 1.29 is 15.0 Å². The largest absolute Gasteiger partial charge is 0.480 e. The van der Waals surface area contributed by atoms with E-state index in [0.717, 1.165) is 31.5 Å². The zero-order valence-corrected chi connectivity index (χ0v) is 13.0. The molecule has 0 unspecified atom stereocenters. The lowest BCUT2D eigenvalue weighted by molar-refractivity contribution is -0.144. The summed E-state index contributed by atoms with van der Waals surface area (Å²) in [6.45, 7) is 3.34. The van der Waals surface area contributed by atoms with Crippen LogP contribution in [0.5, 0.6) is 0 Å². The quantitative estimate of drug-likeness (QED) is 0.877. The molecule has 2 rings (SSSR count). The second-order valence-electron chi connectivity index (χ2n) is 5.63. The Kier molecular flexibility index (Phi) is 5.62. The van der Waals surface area contributed by atoms with Crippen molar-refractivity contribution in [3.8, 4) is 0 Å². The third kappa shape index (κ3) is 3.96. The Balaban J connectivity index is 1.94. The van der Waals surface area contributed by atoms with Crippen molar-refractivity contribution >= 4 is 17.6 Å². The molecule has 1 fully saturated rings. The Bertz CT molecular complexity index is 469. The normalized spacial score (nSPS) is 20.1. The summed E-state index contributed by atoms with van der Waals surface area (Å²) in [5, 5.41) is 20.3. The standard InChI is InChI=1S/C16H22ClNO3/c1-2-14(16(20)21)18-9-7-12(8-10-18)15(19)11-3-5-13(17)6-4-11/h3-6,12,14-15,19H,2,7-10H2,1H3,(H,20,21)/t14-,15-/m0/s1. The first-order valence-corrected chi connectivity index (χ1v) is 7.81. The molecule has 1 saturated heterocycles. The van der Waals surface area contributed by atoms with Gasteiger partial charge in [-0.25, -0.2) is 0 Å². The SMILES string of the molecule is CC[C@@H](C(=O)O)N1CCC([C@@H](O)c2ccc(Cl)cc2)CC1. The summed E-state index contributed by atoms with van der Waals surface area (Å²) in [4.78, 5) is 13.2. The second kappa shape index (κ2) is 7.25. The highest BCUT2D eigenvalue weighted by atomic mass is 35.5. The monoisotopic (exact) mass is 311 g/mol. The maximum absolute atomic E-state index is 11.2. The van der Waals surface area contributed by atoms with Crippen LogP contribution in [-0.4, -0.2) is 40.2 Å². The molecule has 1 aromatic rings. The van der Waals surface area contributed by atoms with Gasteiger partial charge in [0.2, 0.25) is 0 Å². The lowest BCUT2D eigenvalue weighted by Crippen LogP contribution is -2.46. The van der Waals surface area contributed by atoms with Gasteiger partial charge in [-0.05, 0) is 56.0 Å². The summed E-state index contributed by atoms with van der Waals surface area (Å²) in [5.41, 5.74) is 0.878. The smallest absolute Gasteiger partial charge is 0.320 e. The van der Waals surface area contributed by atoms with Gasteiger partial charge in [-0.1, -0.05) is 30.7 Å². The van der Waals surface area contributed by atoms with Crippen molar-refractivity contribution in [2.45, 2.75) is 38.3 Å². The molecule has 0 radical (unpaired) electrons. The Morgan fingerprint density at radius 1 is 1.33 bits per heavy atom. The minimum Gasteiger partial charge on any atom is -0.480 e. The summed E-state index contributed by atoms with van der Waals surface area (Å²) in [7, 11) is 0. The van der Waals surface area contributed by atoms with Gasteiger partial charge in [0.05, 0.1) is 6.10 Å². The maximum Gasteiger partial charge on any atom is 0.320 e. The van der Waals surface area contributed by atoms with Gasteiger partial charge < -0.3 is 10.2 Å². The summed E-state index contributed by atoms with van der Waals surface area (Å²) in [5.74, 6) is -0.581. The van der Waals surface area contributed by atoms with Crippen molar-refractivity contribution in [1.82, 2.24) is 4.90 Å². The highest BCUT2D eigenvalue weighted by molar-refractivity contribution is 6.30. The van der Waals surface area contributed by atoms with E-state index in [1.54, 1.807) is 12.1 Å². The molecule has 1 aliphatic rings. The van der Waals surface area contributed by atoms with Gasteiger partial charge >= 0.3 is 5.97 Å². The molecular weight excluding hydrogens is 290 g/mol. The van der Waals surface area contributed by atoms with E-state index >= 15 is 0 Å². The van der Waals surface area contributed by atoms with E-state index in [0.29, 0.717) is 11.4 Å². The van der Waals surface area contributed by atoms with Crippen molar-refractivity contribution in [2.24, 2.45) is 5.92 Å². The van der Waals surface area contributed by atoms with Crippen LogP contribution in [0, 0.1) is 5.92 Å². The number of likely N-dealkylation sites (tertiary alicyclic amines) is 1. The van der Waals surface area contributed by atoms with Gasteiger partial charge in [0.25, 0.3) is 0 Å². The van der Waals surface area contributed by atoms with E-state index in [-0.39, 0.29) is 5.92 Å². The van der Waals surface area contributed by atoms with Gasteiger partial charge in [0.1, 0.15) is 6.04 Å². The van der Waals surface area contributed by atoms with Crippen LogP contribution in [0.4, 0.5) is 0 Å². The molecule has 1 aromatic carbocycles. The average molecular weight is 312 g/mol. The number of hydrogen-bond donors (Lipinski definition) is 2. The van der Waals surface area contributed by atoms with Crippen molar-refractivity contribution in [3.63, 3.8) is 0 Å². The van der Waals surface area contributed by atoms with Crippen LogP contribution in [0.25, 0.3) is 0 Å². The van der Waals surface area contributed by atoms with Gasteiger partial charge in [0.15, 0.2) is 0 Å². The molecular formula is C16H22ClNO3. The average Bonchev–Trinajstić information content (AvgIpc) is 2.48. The number of halogens is 1. The van der Waals surface area contributed by atoms with Gasteiger partial charge in [-0.3, -0.25) is 9.69 Å². The zero-order chi connectivity index (χ0) is 15.4. The number of carboxylic acids is 1. The second-order valence-corrected chi connectivity index (χ2v) is 6.07. The summed E-state index contributed by atoms with van der Waals surface area (Å²) < 4.78 is 0. The fourth-order valence-electron chi connectivity index (χ4n) is 3.07. The Hall–Kier alpha value is -1.10. The zero-order valence-electron chi connectivity index (χ0n) is 12.2. The molecule has 0 aliphatic carbocycles. The fraction of sp³-hybridized carbons (Fsp3) is 0.562. The molecule has 21 heavy (non-hydrogen) atoms. The van der Waals surface area contributed by atoms with Gasteiger partial charge in [-0.2, -0.15) is 0 Å². The minimum atomic E-state index is -0.755. The van der Waals surface area contributed by atoms with Crippen molar-refractivity contribution in [3.05, 3.63) is 34.9 Å². The number of hydrogen-bond acceptors (Lipinski definition) is 3. The van der Waals surface area contributed by atoms with Crippen LogP contribution < -0.4 is 0 Å². The molecule has 0 saturated carbocycles. The van der Waals surface area contributed by atoms with Crippen molar-refractivity contribution in [1.29, 1.82) is 0 Å². The maximum atomic E-state index is 11.2. The van der Waals surface area contributed by atoms with Crippen LogP contribution >= 0.6 is 11.6 Å². The lowest BCUT2D eigenvalue weighted by Gasteiger charge is -2.37. The number of piperidine rings is 1. The van der Waals surface area contributed by atoms with Gasteiger partial charge in [-0.15, -0.1) is 0 Å². The molecule has 2 N–H and O–H groups in total. The van der Waals surface area contributed by atoms with E-state index in [4.69, 9.17) is 11.6 Å². The summed E-state index contributed by atoms with van der Waals surface area (Å²) in [6.07, 6.45) is 1.73. The fourth-order valence-corrected chi connectivity index (χ4v) is 3.19. The first-order valence-electron chi connectivity index (χ1n) is 7.43. The molecule has 1 aliphatic heterocycles. The third-order valence-electron chi connectivity index (χ3n) is 4.34. The molecule has 116 valence electrons. The van der Waals surface area contributed by atoms with Crippen LogP contribution in [0.2, 0.25) is 5.02 Å². The van der Waals surface area contributed by atoms with Crippen LogP contribution in [0.15, 0.2) is 24.3 Å². The number of rotatable bonds is 5. The molecule has 2 atom stereocenters. The van der Waals surface area contributed by atoms with E-state index in [2.05, 4.69) is 0 Å².